The second kappa shape index (κ2) is 4.13. The largest absolute Gasteiger partial charge is 0.363 e. The molecule has 1 unspecified atom stereocenters. The lowest BCUT2D eigenvalue weighted by Gasteiger charge is -2.25. The lowest BCUT2D eigenvalue weighted by molar-refractivity contribution is 0.319. The van der Waals surface area contributed by atoms with E-state index < -0.39 is 0 Å². The van der Waals surface area contributed by atoms with Gasteiger partial charge in [-0.1, -0.05) is 13.8 Å². The molecule has 0 saturated heterocycles. The van der Waals surface area contributed by atoms with Crippen LogP contribution in [0.5, 0.6) is 0 Å². The van der Waals surface area contributed by atoms with E-state index in [1.807, 2.05) is 18.0 Å². The number of thioether (sulfide) groups is 1. The molecule has 0 amide bonds. The Balaban J connectivity index is 2.06. The van der Waals surface area contributed by atoms with Crippen molar-refractivity contribution < 1.29 is 0 Å². The highest BCUT2D eigenvalue weighted by Gasteiger charge is 2.22. The van der Waals surface area contributed by atoms with E-state index in [1.165, 1.54) is 5.69 Å². The normalized spacial score (nSPS) is 21.1. The van der Waals surface area contributed by atoms with E-state index in [0.717, 1.165) is 6.54 Å². The zero-order chi connectivity index (χ0) is 9.97. The quantitative estimate of drug-likeness (QED) is 0.822. The number of aromatic nitrogens is 1. The number of H-pyrrole nitrogens is 1. The molecule has 2 nitrogen and oxygen atoms in total. The number of rotatable bonds is 3. The molecule has 14 heavy (non-hydrogen) atoms. The van der Waals surface area contributed by atoms with Gasteiger partial charge in [0.1, 0.15) is 5.37 Å². The number of hydrogen-bond acceptors (Lipinski definition) is 2. The van der Waals surface area contributed by atoms with Crippen molar-refractivity contribution in [2.45, 2.75) is 19.2 Å². The molecule has 2 rings (SSSR count). The Bertz CT molecular complexity index is 303. The van der Waals surface area contributed by atoms with Gasteiger partial charge in [0.15, 0.2) is 0 Å². The third-order valence-corrected chi connectivity index (χ3v) is 3.29. The van der Waals surface area contributed by atoms with Crippen LogP contribution in [0.4, 0.5) is 0 Å². The second-order valence-electron chi connectivity index (χ2n) is 3.99. The minimum absolute atomic E-state index is 0.451. The Kier molecular flexibility index (Phi) is 2.87. The van der Waals surface area contributed by atoms with Gasteiger partial charge in [-0.05, 0) is 23.5 Å². The zero-order valence-electron chi connectivity index (χ0n) is 8.60. The molecular weight excluding hydrogens is 192 g/mol. The maximum atomic E-state index is 3.28. The standard InChI is InChI=1S/C11H16N2S/c1-9(2)8-13-6-7-14-11(13)10-4-3-5-12-10/h3-7,9,11-12H,8H2,1-2H3. The SMILES string of the molecule is CC(C)CN1C=CSC1c1ccc[nH]1. The van der Waals surface area contributed by atoms with E-state index in [2.05, 4.69) is 47.5 Å². The summed E-state index contributed by atoms with van der Waals surface area (Å²) in [5.74, 6) is 0.704. The summed E-state index contributed by atoms with van der Waals surface area (Å²) in [6, 6.07) is 4.21. The van der Waals surface area contributed by atoms with E-state index in [-0.39, 0.29) is 0 Å². The van der Waals surface area contributed by atoms with E-state index >= 15 is 0 Å². The first kappa shape index (κ1) is 9.71. The third-order valence-electron chi connectivity index (χ3n) is 2.23. The maximum Gasteiger partial charge on any atom is 0.119 e. The van der Waals surface area contributed by atoms with E-state index in [1.54, 1.807) is 0 Å². The summed E-state index contributed by atoms with van der Waals surface area (Å²) in [5, 5.41) is 2.63. The predicted molar refractivity (Wildman–Crippen MR) is 61.8 cm³/mol. The van der Waals surface area contributed by atoms with Crippen LogP contribution in [0.15, 0.2) is 29.9 Å². The molecule has 0 fully saturated rings. The Hall–Kier alpha value is -0.830. The van der Waals surface area contributed by atoms with Gasteiger partial charge in [0.05, 0.1) is 0 Å². The minimum atomic E-state index is 0.451. The maximum absolute atomic E-state index is 3.28. The first-order chi connectivity index (χ1) is 6.77. The highest BCUT2D eigenvalue weighted by atomic mass is 32.2. The van der Waals surface area contributed by atoms with Crippen LogP contribution >= 0.6 is 11.8 Å². The first-order valence-electron chi connectivity index (χ1n) is 4.98. The fourth-order valence-corrected chi connectivity index (χ4v) is 2.65. The summed E-state index contributed by atoms with van der Waals surface area (Å²) < 4.78 is 0. The average Bonchev–Trinajstić information content (AvgIpc) is 2.70. The third kappa shape index (κ3) is 1.98. The van der Waals surface area contributed by atoms with Gasteiger partial charge in [-0.25, -0.2) is 0 Å². The highest BCUT2D eigenvalue weighted by molar-refractivity contribution is 8.02. The molecule has 0 aliphatic carbocycles. The molecule has 2 heterocycles. The topological polar surface area (TPSA) is 19.0 Å². The van der Waals surface area contributed by atoms with Crippen LogP contribution in [0.1, 0.15) is 24.9 Å². The predicted octanol–water partition coefficient (Wildman–Crippen LogP) is 3.19. The van der Waals surface area contributed by atoms with Gasteiger partial charge in [-0.2, -0.15) is 0 Å². The van der Waals surface area contributed by atoms with Gasteiger partial charge in [0.25, 0.3) is 0 Å². The van der Waals surface area contributed by atoms with Gasteiger partial charge in [0.2, 0.25) is 0 Å². The van der Waals surface area contributed by atoms with Crippen molar-refractivity contribution in [1.29, 1.82) is 0 Å². The first-order valence-corrected chi connectivity index (χ1v) is 5.93. The van der Waals surface area contributed by atoms with Crippen molar-refractivity contribution in [1.82, 2.24) is 9.88 Å². The molecule has 0 aromatic carbocycles. The van der Waals surface area contributed by atoms with Gasteiger partial charge in [-0.3, -0.25) is 0 Å². The smallest absolute Gasteiger partial charge is 0.119 e. The molecule has 0 spiro atoms. The molecular formula is C11H16N2S. The summed E-state index contributed by atoms with van der Waals surface area (Å²) in [7, 11) is 0. The van der Waals surface area contributed by atoms with E-state index in [0.29, 0.717) is 11.3 Å². The van der Waals surface area contributed by atoms with E-state index in [4.69, 9.17) is 0 Å². The van der Waals surface area contributed by atoms with Crippen LogP contribution in [0.25, 0.3) is 0 Å². The summed E-state index contributed by atoms with van der Waals surface area (Å²) in [4.78, 5) is 5.67. The van der Waals surface area contributed by atoms with Crippen LogP contribution < -0.4 is 0 Å². The Morgan fingerprint density at radius 2 is 2.43 bits per heavy atom. The fourth-order valence-electron chi connectivity index (χ4n) is 1.67. The molecule has 0 bridgehead atoms. The van der Waals surface area contributed by atoms with Crippen molar-refractivity contribution in [2.75, 3.05) is 6.54 Å². The van der Waals surface area contributed by atoms with Crippen molar-refractivity contribution >= 4 is 11.8 Å². The van der Waals surface area contributed by atoms with Crippen molar-refractivity contribution in [3.8, 4) is 0 Å². The van der Waals surface area contributed by atoms with Crippen LogP contribution in [0.3, 0.4) is 0 Å². The number of nitrogens with zero attached hydrogens (tertiary/aromatic N) is 1. The molecule has 3 heteroatoms. The van der Waals surface area contributed by atoms with Gasteiger partial charge in [0, 0.05) is 24.6 Å². The lowest BCUT2D eigenvalue weighted by Crippen LogP contribution is -2.22. The molecule has 0 saturated carbocycles. The lowest BCUT2D eigenvalue weighted by atomic mass is 10.2. The van der Waals surface area contributed by atoms with Gasteiger partial charge in [-0.15, -0.1) is 11.8 Å². The summed E-state index contributed by atoms with van der Waals surface area (Å²) in [6.07, 6.45) is 4.18. The molecule has 1 atom stereocenters. The molecule has 76 valence electrons. The van der Waals surface area contributed by atoms with Crippen LogP contribution in [-0.2, 0) is 0 Å². The molecule has 1 N–H and O–H groups in total. The van der Waals surface area contributed by atoms with E-state index in [9.17, 15) is 0 Å². The molecule has 1 aromatic heterocycles. The number of aromatic amines is 1. The zero-order valence-corrected chi connectivity index (χ0v) is 9.42. The van der Waals surface area contributed by atoms with Crippen molar-refractivity contribution in [3.63, 3.8) is 0 Å². The van der Waals surface area contributed by atoms with Crippen LogP contribution in [0.2, 0.25) is 0 Å². The highest BCUT2D eigenvalue weighted by Crippen LogP contribution is 2.38. The molecule has 1 aliphatic heterocycles. The fraction of sp³-hybridized carbons (Fsp3) is 0.455. The second-order valence-corrected chi connectivity index (χ2v) is 4.98. The molecule has 1 aromatic rings. The Labute approximate surface area is 89.4 Å². The summed E-state index contributed by atoms with van der Waals surface area (Å²) in [5.41, 5.74) is 1.29. The average molecular weight is 208 g/mol. The Morgan fingerprint density at radius 1 is 1.57 bits per heavy atom. The van der Waals surface area contributed by atoms with Crippen molar-refractivity contribution in [2.24, 2.45) is 5.92 Å². The van der Waals surface area contributed by atoms with Gasteiger partial charge < -0.3 is 9.88 Å². The Morgan fingerprint density at radius 3 is 3.07 bits per heavy atom. The van der Waals surface area contributed by atoms with Crippen LogP contribution in [-0.4, -0.2) is 16.4 Å². The monoisotopic (exact) mass is 208 g/mol. The summed E-state index contributed by atoms with van der Waals surface area (Å²) >= 11 is 1.86. The molecule has 0 radical (unpaired) electrons. The molecule has 1 aliphatic rings. The van der Waals surface area contributed by atoms with Gasteiger partial charge >= 0.3 is 0 Å². The summed E-state index contributed by atoms with van der Waals surface area (Å²) in [6.45, 7) is 5.62. The van der Waals surface area contributed by atoms with Crippen molar-refractivity contribution in [3.05, 3.63) is 35.6 Å². The number of nitrogens with one attached hydrogen (secondary N) is 1. The minimum Gasteiger partial charge on any atom is -0.363 e. The number of hydrogen-bond donors (Lipinski definition) is 1. The van der Waals surface area contributed by atoms with Crippen LogP contribution in [0, 0.1) is 5.92 Å².